The van der Waals surface area contributed by atoms with E-state index >= 15 is 0 Å². The molecule has 0 bridgehead atoms. The van der Waals surface area contributed by atoms with E-state index in [1.54, 1.807) is 18.5 Å². The van der Waals surface area contributed by atoms with E-state index in [1.807, 2.05) is 13.8 Å². The molecule has 1 unspecified atom stereocenters. The molecule has 8 heteroatoms. The van der Waals surface area contributed by atoms with E-state index in [0.29, 0.717) is 22.8 Å². The molecule has 0 saturated heterocycles. The number of amides is 1. The second kappa shape index (κ2) is 7.00. The number of hydrogen-bond acceptors (Lipinski definition) is 4. The number of rotatable bonds is 5. The summed E-state index contributed by atoms with van der Waals surface area (Å²) in [5.41, 5.74) is 2.74. The molecule has 0 aliphatic heterocycles. The topological polar surface area (TPSA) is 90.1 Å². The lowest BCUT2D eigenvalue weighted by Crippen LogP contribution is -2.25. The number of aryl methyl sites for hydroxylation is 2. The van der Waals surface area contributed by atoms with Gasteiger partial charge in [-0.3, -0.25) is 19.6 Å². The first-order chi connectivity index (χ1) is 11.2. The van der Waals surface area contributed by atoms with Crippen molar-refractivity contribution in [1.82, 2.24) is 9.78 Å². The maximum atomic E-state index is 12.4. The number of nitro groups is 1. The van der Waals surface area contributed by atoms with E-state index in [2.05, 4.69) is 10.4 Å². The summed E-state index contributed by atoms with van der Waals surface area (Å²) in [5.74, 6) is -0.524. The fraction of sp³-hybridized carbons (Fsp3) is 0.375. The molecule has 7 nitrogen and oxygen atoms in total. The minimum atomic E-state index is -0.464. The van der Waals surface area contributed by atoms with Gasteiger partial charge in [-0.05, 0) is 32.4 Å². The summed E-state index contributed by atoms with van der Waals surface area (Å²) in [6, 6.07) is 4.34. The minimum Gasteiger partial charge on any atom is -0.326 e. The van der Waals surface area contributed by atoms with Crippen LogP contribution in [0.5, 0.6) is 0 Å². The van der Waals surface area contributed by atoms with Crippen molar-refractivity contribution in [3.8, 4) is 0 Å². The summed E-state index contributed by atoms with van der Waals surface area (Å²) in [6.45, 7) is 7.58. The van der Waals surface area contributed by atoms with Gasteiger partial charge in [-0.1, -0.05) is 18.5 Å². The molecule has 0 fully saturated rings. The number of carbonyl (C=O) groups excluding carboxylic acids is 1. The number of halogens is 1. The standard InChI is InChI=1S/C16H19ClN4O3/c1-9-7-13(21(23)24)5-6-14(9)18-16(22)10(2)8-20-12(4)15(17)11(3)19-20/h5-7,10H,8H2,1-4H3,(H,18,22). The first-order valence-corrected chi connectivity index (χ1v) is 7.84. The van der Waals surface area contributed by atoms with Gasteiger partial charge in [-0.25, -0.2) is 0 Å². The van der Waals surface area contributed by atoms with Crippen molar-refractivity contribution in [2.75, 3.05) is 5.32 Å². The zero-order valence-electron chi connectivity index (χ0n) is 14.0. The summed E-state index contributed by atoms with van der Waals surface area (Å²) >= 11 is 6.11. The Labute approximate surface area is 144 Å². The van der Waals surface area contributed by atoms with Crippen LogP contribution in [0.2, 0.25) is 5.02 Å². The molecular weight excluding hydrogens is 332 g/mol. The van der Waals surface area contributed by atoms with Crippen molar-refractivity contribution >= 4 is 28.9 Å². The monoisotopic (exact) mass is 350 g/mol. The summed E-state index contributed by atoms with van der Waals surface area (Å²) in [7, 11) is 0. The lowest BCUT2D eigenvalue weighted by atomic mass is 10.1. The summed E-state index contributed by atoms with van der Waals surface area (Å²) in [5, 5.41) is 18.5. The van der Waals surface area contributed by atoms with Gasteiger partial charge in [0.15, 0.2) is 0 Å². The van der Waals surface area contributed by atoms with Gasteiger partial charge in [0.1, 0.15) is 0 Å². The van der Waals surface area contributed by atoms with Gasteiger partial charge in [0, 0.05) is 17.8 Å². The number of anilines is 1. The highest BCUT2D eigenvalue weighted by Crippen LogP contribution is 2.23. The van der Waals surface area contributed by atoms with Crippen molar-refractivity contribution in [3.63, 3.8) is 0 Å². The Kier molecular flexibility index (Phi) is 5.23. The van der Waals surface area contributed by atoms with Gasteiger partial charge in [0.25, 0.3) is 5.69 Å². The Balaban J connectivity index is 2.09. The lowest BCUT2D eigenvalue weighted by molar-refractivity contribution is -0.384. The molecule has 128 valence electrons. The van der Waals surface area contributed by atoms with Crippen LogP contribution in [0.3, 0.4) is 0 Å². The van der Waals surface area contributed by atoms with E-state index in [-0.39, 0.29) is 17.5 Å². The van der Waals surface area contributed by atoms with Gasteiger partial charge in [0.05, 0.1) is 33.8 Å². The third kappa shape index (κ3) is 3.73. The van der Waals surface area contributed by atoms with Crippen molar-refractivity contribution in [2.45, 2.75) is 34.2 Å². The number of nitrogens with one attached hydrogen (secondary N) is 1. The van der Waals surface area contributed by atoms with Crippen LogP contribution >= 0.6 is 11.6 Å². The number of nitro benzene ring substituents is 1. The Bertz CT molecular complexity index is 801. The number of aromatic nitrogens is 2. The van der Waals surface area contributed by atoms with Crippen LogP contribution in [0.25, 0.3) is 0 Å². The highest BCUT2D eigenvalue weighted by atomic mass is 35.5. The molecule has 1 heterocycles. The van der Waals surface area contributed by atoms with E-state index in [1.165, 1.54) is 18.2 Å². The van der Waals surface area contributed by atoms with Crippen LogP contribution in [0, 0.1) is 36.8 Å². The summed E-state index contributed by atoms with van der Waals surface area (Å²) < 4.78 is 1.71. The molecule has 0 radical (unpaired) electrons. The molecule has 2 aromatic rings. The van der Waals surface area contributed by atoms with Gasteiger partial charge in [0.2, 0.25) is 5.91 Å². The van der Waals surface area contributed by atoms with Gasteiger partial charge in [-0.15, -0.1) is 0 Å². The normalized spacial score (nSPS) is 12.0. The van der Waals surface area contributed by atoms with Gasteiger partial charge < -0.3 is 5.32 Å². The molecule has 24 heavy (non-hydrogen) atoms. The minimum absolute atomic E-state index is 0.00386. The van der Waals surface area contributed by atoms with E-state index in [9.17, 15) is 14.9 Å². The molecule has 1 amide bonds. The Morgan fingerprint density at radius 2 is 2.08 bits per heavy atom. The smallest absolute Gasteiger partial charge is 0.269 e. The number of non-ortho nitro benzene ring substituents is 1. The SMILES string of the molecule is Cc1cc([N+](=O)[O-])ccc1NC(=O)C(C)Cn1nc(C)c(Cl)c1C. The van der Waals surface area contributed by atoms with E-state index in [0.717, 1.165) is 11.4 Å². The van der Waals surface area contributed by atoms with Crippen molar-refractivity contribution in [1.29, 1.82) is 0 Å². The molecule has 1 aromatic heterocycles. The fourth-order valence-corrected chi connectivity index (χ4v) is 2.49. The van der Waals surface area contributed by atoms with Crippen LogP contribution in [0.4, 0.5) is 11.4 Å². The predicted molar refractivity (Wildman–Crippen MR) is 92.3 cm³/mol. The van der Waals surface area contributed by atoms with Crippen molar-refractivity contribution in [3.05, 3.63) is 50.3 Å². The van der Waals surface area contributed by atoms with Crippen LogP contribution in [-0.4, -0.2) is 20.6 Å². The zero-order valence-corrected chi connectivity index (χ0v) is 14.7. The number of benzene rings is 1. The Morgan fingerprint density at radius 3 is 2.58 bits per heavy atom. The maximum Gasteiger partial charge on any atom is 0.269 e. The highest BCUT2D eigenvalue weighted by molar-refractivity contribution is 6.31. The molecule has 2 rings (SSSR count). The second-order valence-electron chi connectivity index (χ2n) is 5.81. The highest BCUT2D eigenvalue weighted by Gasteiger charge is 2.18. The van der Waals surface area contributed by atoms with Crippen molar-refractivity contribution in [2.24, 2.45) is 5.92 Å². The summed E-state index contributed by atoms with van der Waals surface area (Å²) in [6.07, 6.45) is 0. The molecule has 0 saturated carbocycles. The maximum absolute atomic E-state index is 12.4. The predicted octanol–water partition coefficient (Wildman–Crippen LogP) is 3.64. The van der Waals surface area contributed by atoms with Crippen LogP contribution < -0.4 is 5.32 Å². The fourth-order valence-electron chi connectivity index (χ4n) is 2.35. The Hall–Kier alpha value is -2.41. The van der Waals surface area contributed by atoms with Crippen LogP contribution in [-0.2, 0) is 11.3 Å². The average molecular weight is 351 g/mol. The second-order valence-corrected chi connectivity index (χ2v) is 6.19. The molecule has 1 aromatic carbocycles. The number of carbonyl (C=O) groups is 1. The third-order valence-electron chi connectivity index (χ3n) is 3.87. The van der Waals surface area contributed by atoms with Crippen LogP contribution in [0.1, 0.15) is 23.9 Å². The molecule has 0 aliphatic carbocycles. The quantitative estimate of drug-likeness (QED) is 0.658. The number of nitrogens with zero attached hydrogens (tertiary/aromatic N) is 3. The molecular formula is C16H19ClN4O3. The Morgan fingerprint density at radius 1 is 1.42 bits per heavy atom. The summed E-state index contributed by atoms with van der Waals surface area (Å²) in [4.78, 5) is 22.7. The van der Waals surface area contributed by atoms with E-state index < -0.39 is 4.92 Å². The zero-order chi connectivity index (χ0) is 18.0. The van der Waals surface area contributed by atoms with Gasteiger partial charge >= 0.3 is 0 Å². The first kappa shape index (κ1) is 17.9. The lowest BCUT2D eigenvalue weighted by Gasteiger charge is -2.14. The van der Waals surface area contributed by atoms with E-state index in [4.69, 9.17) is 11.6 Å². The molecule has 0 spiro atoms. The van der Waals surface area contributed by atoms with Crippen LogP contribution in [0.15, 0.2) is 18.2 Å². The molecule has 0 aliphatic rings. The van der Waals surface area contributed by atoms with Crippen molar-refractivity contribution < 1.29 is 9.72 Å². The molecule has 1 atom stereocenters. The third-order valence-corrected chi connectivity index (χ3v) is 4.41. The average Bonchev–Trinajstić information content (AvgIpc) is 2.76. The molecule has 1 N–H and O–H groups in total. The largest absolute Gasteiger partial charge is 0.326 e. The van der Waals surface area contributed by atoms with Gasteiger partial charge in [-0.2, -0.15) is 5.10 Å². The number of hydrogen-bond donors (Lipinski definition) is 1. The first-order valence-electron chi connectivity index (χ1n) is 7.46.